The Hall–Kier alpha value is -0.810. The number of halogens is 1. The molecule has 0 aromatic carbocycles. The molecule has 1 N–H and O–H groups in total. The van der Waals surface area contributed by atoms with E-state index in [0.29, 0.717) is 18.5 Å². The van der Waals surface area contributed by atoms with Crippen molar-refractivity contribution >= 4 is 17.6 Å². The average molecular weight is 234 g/mol. The van der Waals surface area contributed by atoms with Gasteiger partial charge in [-0.1, -0.05) is 18.4 Å². The van der Waals surface area contributed by atoms with Crippen LogP contribution in [0.4, 0.5) is 6.01 Å². The van der Waals surface area contributed by atoms with Gasteiger partial charge in [0.05, 0.1) is 12.6 Å². The van der Waals surface area contributed by atoms with E-state index in [-0.39, 0.29) is 11.9 Å². The number of hydrogen-bond acceptors (Lipinski definition) is 5. The van der Waals surface area contributed by atoms with E-state index in [1.165, 1.54) is 0 Å². The van der Waals surface area contributed by atoms with Gasteiger partial charge in [-0.3, -0.25) is 0 Å². The highest BCUT2D eigenvalue weighted by Crippen LogP contribution is 2.11. The smallest absolute Gasteiger partial charge is 0.315 e. The summed E-state index contributed by atoms with van der Waals surface area (Å²) in [5, 5.41) is 10.7. The molecule has 1 atom stereocenters. The van der Waals surface area contributed by atoms with E-state index in [9.17, 15) is 0 Å². The van der Waals surface area contributed by atoms with Gasteiger partial charge < -0.3 is 14.5 Å². The van der Waals surface area contributed by atoms with Crippen molar-refractivity contribution in [1.82, 2.24) is 10.2 Å². The lowest BCUT2D eigenvalue weighted by Gasteiger charge is -2.14. The van der Waals surface area contributed by atoms with Gasteiger partial charge in [-0.15, -0.1) is 16.7 Å². The van der Waals surface area contributed by atoms with Crippen LogP contribution in [-0.4, -0.2) is 30.0 Å². The van der Waals surface area contributed by atoms with Crippen LogP contribution in [0.1, 0.15) is 25.7 Å². The number of rotatable bonds is 7. The lowest BCUT2D eigenvalue weighted by Crippen LogP contribution is -2.24. The van der Waals surface area contributed by atoms with E-state index in [4.69, 9.17) is 20.8 Å². The molecule has 1 rings (SSSR count). The zero-order valence-corrected chi connectivity index (χ0v) is 9.75. The van der Waals surface area contributed by atoms with Gasteiger partial charge in [0.1, 0.15) is 5.88 Å². The van der Waals surface area contributed by atoms with Crippen molar-refractivity contribution in [2.45, 2.75) is 31.7 Å². The summed E-state index contributed by atoms with van der Waals surface area (Å²) in [6, 6.07) is 0.602. The molecule has 0 saturated heterocycles. The topological polar surface area (TPSA) is 60.2 Å². The molecule has 1 aromatic heterocycles. The van der Waals surface area contributed by atoms with Crippen molar-refractivity contribution < 1.29 is 9.15 Å². The predicted molar refractivity (Wildman–Crippen MR) is 58.0 cm³/mol. The molecular weight excluding hydrogens is 218 g/mol. The molecule has 0 fully saturated rings. The summed E-state index contributed by atoms with van der Waals surface area (Å²) in [5.41, 5.74) is 0. The van der Waals surface area contributed by atoms with Gasteiger partial charge in [0, 0.05) is 7.11 Å². The van der Waals surface area contributed by atoms with E-state index in [1.807, 2.05) is 0 Å². The number of methoxy groups -OCH3 is 1. The molecule has 1 heterocycles. The first-order valence-corrected chi connectivity index (χ1v) is 5.47. The Bertz CT molecular complexity index is 274. The van der Waals surface area contributed by atoms with Crippen molar-refractivity contribution in [2.75, 3.05) is 19.0 Å². The van der Waals surface area contributed by atoms with Crippen LogP contribution in [0.5, 0.6) is 0 Å². The van der Waals surface area contributed by atoms with Crippen LogP contribution in [0.3, 0.4) is 0 Å². The second kappa shape index (κ2) is 6.63. The SMILES string of the molecule is CCCC(COC)Nc1nnc(CCl)o1. The van der Waals surface area contributed by atoms with Crippen molar-refractivity contribution in [3.8, 4) is 0 Å². The Morgan fingerprint density at radius 2 is 2.33 bits per heavy atom. The Balaban J connectivity index is 2.48. The molecule has 1 aromatic rings. The van der Waals surface area contributed by atoms with E-state index >= 15 is 0 Å². The minimum Gasteiger partial charge on any atom is -0.407 e. The van der Waals surface area contributed by atoms with Gasteiger partial charge >= 0.3 is 6.01 Å². The van der Waals surface area contributed by atoms with Crippen LogP contribution in [0.2, 0.25) is 0 Å². The fourth-order valence-electron chi connectivity index (χ4n) is 1.29. The summed E-state index contributed by atoms with van der Waals surface area (Å²) in [6.45, 7) is 2.73. The van der Waals surface area contributed by atoms with Gasteiger partial charge in [0.25, 0.3) is 0 Å². The van der Waals surface area contributed by atoms with Crippen molar-refractivity contribution in [3.05, 3.63) is 5.89 Å². The molecule has 0 radical (unpaired) electrons. The third-order valence-electron chi connectivity index (χ3n) is 1.91. The summed E-state index contributed by atoms with van der Waals surface area (Å²) in [6.07, 6.45) is 2.06. The zero-order chi connectivity index (χ0) is 11.1. The van der Waals surface area contributed by atoms with Crippen LogP contribution in [0.15, 0.2) is 4.42 Å². The number of alkyl halides is 1. The molecule has 5 nitrogen and oxygen atoms in total. The van der Waals surface area contributed by atoms with E-state index in [0.717, 1.165) is 12.8 Å². The van der Waals surface area contributed by atoms with Crippen LogP contribution in [-0.2, 0) is 10.6 Å². The third-order valence-corrected chi connectivity index (χ3v) is 2.14. The summed E-state index contributed by atoms with van der Waals surface area (Å²) in [5.74, 6) is 0.657. The van der Waals surface area contributed by atoms with E-state index in [2.05, 4.69) is 22.4 Å². The minimum atomic E-state index is 0.198. The van der Waals surface area contributed by atoms with Gasteiger partial charge in [0.15, 0.2) is 0 Å². The molecule has 0 saturated carbocycles. The maximum atomic E-state index is 5.55. The monoisotopic (exact) mass is 233 g/mol. The van der Waals surface area contributed by atoms with Gasteiger partial charge in [-0.2, -0.15) is 0 Å². The normalized spacial score (nSPS) is 12.7. The second-order valence-corrected chi connectivity index (χ2v) is 3.49. The van der Waals surface area contributed by atoms with E-state index in [1.54, 1.807) is 7.11 Å². The van der Waals surface area contributed by atoms with Crippen molar-refractivity contribution in [3.63, 3.8) is 0 Å². The summed E-state index contributed by atoms with van der Waals surface area (Å²) < 4.78 is 10.3. The first-order chi connectivity index (χ1) is 7.30. The maximum absolute atomic E-state index is 5.55. The van der Waals surface area contributed by atoms with E-state index < -0.39 is 0 Å². The molecule has 0 aliphatic rings. The number of hydrogen-bond donors (Lipinski definition) is 1. The second-order valence-electron chi connectivity index (χ2n) is 3.22. The molecule has 0 spiro atoms. The molecular formula is C9H16ClN3O2. The Morgan fingerprint density at radius 1 is 1.53 bits per heavy atom. The molecule has 86 valence electrons. The first kappa shape index (κ1) is 12.3. The molecule has 0 aliphatic carbocycles. The fourth-order valence-corrected chi connectivity index (χ4v) is 1.40. The van der Waals surface area contributed by atoms with Crippen LogP contribution < -0.4 is 5.32 Å². The average Bonchev–Trinajstić information content (AvgIpc) is 2.66. The lowest BCUT2D eigenvalue weighted by molar-refractivity contribution is 0.181. The molecule has 6 heteroatoms. The number of anilines is 1. The number of ether oxygens (including phenoxy) is 1. The standard InChI is InChI=1S/C9H16ClN3O2/c1-3-4-7(6-14-2)11-9-13-12-8(5-10)15-9/h7H,3-6H2,1-2H3,(H,11,13). The molecule has 0 amide bonds. The minimum absolute atomic E-state index is 0.198. The van der Waals surface area contributed by atoms with Crippen LogP contribution in [0, 0.1) is 0 Å². The van der Waals surface area contributed by atoms with Gasteiger partial charge in [-0.25, -0.2) is 0 Å². The lowest BCUT2D eigenvalue weighted by atomic mass is 10.2. The Kier molecular flexibility index (Phi) is 5.42. The maximum Gasteiger partial charge on any atom is 0.315 e. The molecule has 0 bridgehead atoms. The highest BCUT2D eigenvalue weighted by Gasteiger charge is 2.11. The number of aromatic nitrogens is 2. The Morgan fingerprint density at radius 3 is 2.87 bits per heavy atom. The fraction of sp³-hybridized carbons (Fsp3) is 0.778. The largest absolute Gasteiger partial charge is 0.407 e. The van der Waals surface area contributed by atoms with Gasteiger partial charge in [-0.05, 0) is 6.42 Å². The molecule has 15 heavy (non-hydrogen) atoms. The molecule has 1 unspecified atom stereocenters. The summed E-state index contributed by atoms with van der Waals surface area (Å²) in [7, 11) is 1.67. The van der Waals surface area contributed by atoms with Crippen molar-refractivity contribution in [1.29, 1.82) is 0 Å². The zero-order valence-electron chi connectivity index (χ0n) is 8.99. The third kappa shape index (κ3) is 4.05. The highest BCUT2D eigenvalue weighted by atomic mass is 35.5. The highest BCUT2D eigenvalue weighted by molar-refractivity contribution is 6.16. The Labute approximate surface area is 94.2 Å². The summed E-state index contributed by atoms with van der Waals surface area (Å²) in [4.78, 5) is 0. The molecule has 0 aliphatic heterocycles. The predicted octanol–water partition coefficient (Wildman–Crippen LogP) is 2.04. The van der Waals surface area contributed by atoms with Crippen LogP contribution >= 0.6 is 11.6 Å². The van der Waals surface area contributed by atoms with Crippen molar-refractivity contribution in [2.24, 2.45) is 0 Å². The van der Waals surface area contributed by atoms with Gasteiger partial charge in [0.2, 0.25) is 5.89 Å². The quantitative estimate of drug-likeness (QED) is 0.731. The number of nitrogens with one attached hydrogen (secondary N) is 1. The first-order valence-electron chi connectivity index (χ1n) is 4.94. The summed E-state index contributed by atoms with van der Waals surface area (Å²) >= 11 is 5.55. The van der Waals surface area contributed by atoms with Crippen LogP contribution in [0.25, 0.3) is 0 Å². The number of nitrogens with zero attached hydrogens (tertiary/aromatic N) is 2.